The maximum atomic E-state index is 13.3. The van der Waals surface area contributed by atoms with Crippen LogP contribution in [0.25, 0.3) is 33.9 Å². The molecule has 4 aromatic rings. The standard InChI is InChI=1S/C19H12FIN2O3S/c20-15-5-1-12(2-6-15)17-18(23-19(22-17)14-9-10-26-11-14)13-3-7-16(8-4-13)27(21,24)25/h1-11H,(H,22,23)/q-1. The Kier molecular flexibility index (Phi) is 4.60. The summed E-state index contributed by atoms with van der Waals surface area (Å²) in [4.78, 5) is 8.13. The molecule has 0 aliphatic heterocycles. The average Bonchev–Trinajstić information content (AvgIpc) is 3.31. The van der Waals surface area contributed by atoms with Gasteiger partial charge in [0.25, 0.3) is 0 Å². The number of nitrogens with one attached hydrogen (secondary N) is 1. The first-order valence-corrected chi connectivity index (χ1v) is 11.9. The third-order valence-corrected chi connectivity index (χ3v) is 6.40. The molecule has 0 unspecified atom stereocenters. The molecule has 2 aromatic heterocycles. The van der Waals surface area contributed by atoms with Gasteiger partial charge >= 0.3 is 0 Å². The molecule has 0 spiro atoms. The Morgan fingerprint density at radius 3 is 2.19 bits per heavy atom. The van der Waals surface area contributed by atoms with E-state index in [1.807, 2.05) is 0 Å². The average molecular weight is 494 g/mol. The quantitative estimate of drug-likeness (QED) is 0.344. The van der Waals surface area contributed by atoms with Gasteiger partial charge in [-0.2, -0.15) is 0 Å². The fourth-order valence-corrected chi connectivity index (χ4v) is 4.06. The van der Waals surface area contributed by atoms with Crippen molar-refractivity contribution in [3.05, 3.63) is 72.9 Å². The Balaban J connectivity index is 1.86. The van der Waals surface area contributed by atoms with Crippen LogP contribution >= 0.6 is 0 Å². The van der Waals surface area contributed by atoms with E-state index in [0.717, 1.165) is 16.7 Å². The molecular weight excluding hydrogens is 482 g/mol. The molecule has 0 amide bonds. The Labute approximate surface area is 166 Å². The molecule has 0 aliphatic carbocycles. The zero-order valence-corrected chi connectivity index (χ0v) is 16.7. The van der Waals surface area contributed by atoms with Crippen LogP contribution < -0.4 is 21.2 Å². The highest BCUT2D eigenvalue weighted by atomic mass is 127. The van der Waals surface area contributed by atoms with E-state index >= 15 is 0 Å². The van der Waals surface area contributed by atoms with Gasteiger partial charge in [-0.05, 0) is 42.5 Å². The predicted octanol–water partition coefficient (Wildman–Crippen LogP) is 1.38. The monoisotopic (exact) mass is 494 g/mol. The molecule has 0 saturated carbocycles. The summed E-state index contributed by atoms with van der Waals surface area (Å²) in [6.45, 7) is 0. The summed E-state index contributed by atoms with van der Waals surface area (Å²) in [5.41, 5.74) is 3.62. The first-order valence-electron chi connectivity index (χ1n) is 7.85. The summed E-state index contributed by atoms with van der Waals surface area (Å²) >= 11 is 1.40. The van der Waals surface area contributed by atoms with Gasteiger partial charge in [0.2, 0.25) is 0 Å². The second-order valence-corrected chi connectivity index (χ2v) is 10.6. The van der Waals surface area contributed by atoms with Crippen LogP contribution in [0.4, 0.5) is 4.39 Å². The normalized spacial score (nSPS) is 11.6. The number of furan rings is 1. The van der Waals surface area contributed by atoms with Gasteiger partial charge in [-0.25, -0.2) is 9.37 Å². The first-order chi connectivity index (χ1) is 12.9. The van der Waals surface area contributed by atoms with Gasteiger partial charge < -0.3 is 30.6 Å². The number of aromatic nitrogens is 2. The fourth-order valence-electron chi connectivity index (χ4n) is 2.72. The second-order valence-electron chi connectivity index (χ2n) is 5.79. The number of rotatable bonds is 4. The van der Waals surface area contributed by atoms with Crippen molar-refractivity contribution in [2.45, 2.75) is 4.90 Å². The summed E-state index contributed by atoms with van der Waals surface area (Å²) < 4.78 is 41.8. The molecule has 0 aliphatic rings. The highest BCUT2D eigenvalue weighted by Crippen LogP contribution is 2.33. The third-order valence-electron chi connectivity index (χ3n) is 4.04. The van der Waals surface area contributed by atoms with Gasteiger partial charge in [-0.1, -0.05) is 12.1 Å². The van der Waals surface area contributed by atoms with Crippen LogP contribution in [0.3, 0.4) is 0 Å². The molecule has 0 atom stereocenters. The lowest BCUT2D eigenvalue weighted by Gasteiger charge is -2.08. The molecule has 1 radical (unpaired) electrons. The minimum absolute atomic E-state index is 0.223. The lowest BCUT2D eigenvalue weighted by molar-refractivity contribution is -0.164. The molecule has 1 N–H and O–H groups in total. The van der Waals surface area contributed by atoms with E-state index in [9.17, 15) is 12.8 Å². The Bertz CT molecular complexity index is 1180. The van der Waals surface area contributed by atoms with Crippen molar-refractivity contribution >= 4 is 7.01 Å². The van der Waals surface area contributed by atoms with E-state index in [2.05, 4.69) is 9.97 Å². The van der Waals surface area contributed by atoms with E-state index in [1.54, 1.807) is 42.9 Å². The van der Waals surface area contributed by atoms with Crippen molar-refractivity contribution in [2.75, 3.05) is 0 Å². The summed E-state index contributed by atoms with van der Waals surface area (Å²) in [5.74, 6) is 0.273. The van der Waals surface area contributed by atoms with Crippen LogP contribution in [0, 0.1) is 5.82 Å². The minimum Gasteiger partial charge on any atom is -0.636 e. The predicted molar refractivity (Wildman–Crippen MR) is 94.3 cm³/mol. The van der Waals surface area contributed by atoms with Crippen molar-refractivity contribution in [3.8, 4) is 33.9 Å². The van der Waals surface area contributed by atoms with E-state index in [1.165, 1.54) is 45.5 Å². The van der Waals surface area contributed by atoms with Crippen molar-refractivity contribution in [2.24, 2.45) is 0 Å². The van der Waals surface area contributed by atoms with Gasteiger partial charge in [0.05, 0.1) is 30.2 Å². The molecular formula is C19H12FIN2O3S-. The van der Waals surface area contributed by atoms with Crippen LogP contribution in [-0.4, -0.2) is 18.4 Å². The number of halogens is 2. The molecule has 2 heterocycles. The third kappa shape index (κ3) is 3.67. The number of aromatic amines is 1. The number of imidazole rings is 1. The fraction of sp³-hybridized carbons (Fsp3) is 0. The molecule has 8 heteroatoms. The molecule has 137 valence electrons. The number of hydrogen-bond donors (Lipinski definition) is 1. The number of benzene rings is 2. The maximum Gasteiger partial charge on any atom is 0.141 e. The summed E-state index contributed by atoms with van der Waals surface area (Å²) in [5, 5.41) is 0. The SMILES string of the molecule is O=S(=O)([I-])c1ccc(-c2nc(-c3ccoc3)[nH]c2-c2ccc(F)cc2)cc1. The van der Waals surface area contributed by atoms with E-state index < -0.39 is 7.01 Å². The van der Waals surface area contributed by atoms with E-state index in [-0.39, 0.29) is 10.7 Å². The Hall–Kier alpha value is -2.46. The number of H-pyrrole nitrogens is 1. The topological polar surface area (TPSA) is 76.0 Å². The van der Waals surface area contributed by atoms with Gasteiger partial charge in [0, 0.05) is 16.0 Å². The van der Waals surface area contributed by atoms with Crippen LogP contribution in [0.2, 0.25) is 0 Å². The van der Waals surface area contributed by atoms with Gasteiger partial charge in [0.1, 0.15) is 17.9 Å². The summed E-state index contributed by atoms with van der Waals surface area (Å²) in [6, 6.07) is 14.3. The van der Waals surface area contributed by atoms with Gasteiger partial charge in [-0.15, -0.1) is 0 Å². The first kappa shape index (κ1) is 17.9. The maximum absolute atomic E-state index is 13.3. The Morgan fingerprint density at radius 1 is 0.926 bits per heavy atom. The van der Waals surface area contributed by atoms with Crippen LogP contribution in [0.15, 0.2) is 76.4 Å². The molecule has 27 heavy (non-hydrogen) atoms. The lowest BCUT2D eigenvalue weighted by Crippen LogP contribution is -3.36. The van der Waals surface area contributed by atoms with Gasteiger partial charge in [-0.3, -0.25) is 8.42 Å². The van der Waals surface area contributed by atoms with Crippen molar-refractivity contribution in [1.82, 2.24) is 9.97 Å². The van der Waals surface area contributed by atoms with Crippen molar-refractivity contribution < 1.29 is 38.4 Å². The molecule has 4 rings (SSSR count). The van der Waals surface area contributed by atoms with Crippen LogP contribution in [-0.2, 0) is 7.01 Å². The molecule has 0 bridgehead atoms. The summed E-state index contributed by atoms with van der Waals surface area (Å²) in [7, 11) is -3.31. The van der Waals surface area contributed by atoms with Crippen molar-refractivity contribution in [3.63, 3.8) is 0 Å². The van der Waals surface area contributed by atoms with Crippen LogP contribution in [0.1, 0.15) is 0 Å². The number of nitrogens with zero attached hydrogens (tertiary/aromatic N) is 1. The molecule has 5 nitrogen and oxygen atoms in total. The van der Waals surface area contributed by atoms with E-state index in [0.29, 0.717) is 17.2 Å². The molecule has 2 aromatic carbocycles. The highest BCUT2D eigenvalue weighted by Gasteiger charge is 2.16. The molecule has 0 fully saturated rings. The smallest absolute Gasteiger partial charge is 0.141 e. The molecule has 0 saturated heterocycles. The Morgan fingerprint density at radius 2 is 1.59 bits per heavy atom. The van der Waals surface area contributed by atoms with Crippen molar-refractivity contribution in [1.29, 1.82) is 0 Å². The second kappa shape index (κ2) is 6.93. The van der Waals surface area contributed by atoms with E-state index in [4.69, 9.17) is 4.42 Å². The number of hydrogen-bond acceptors (Lipinski definition) is 4. The largest absolute Gasteiger partial charge is 0.636 e. The zero-order valence-electron chi connectivity index (χ0n) is 13.7. The highest BCUT2D eigenvalue weighted by molar-refractivity contribution is 7.84. The zero-order chi connectivity index (χ0) is 19.0. The lowest BCUT2D eigenvalue weighted by atomic mass is 10.1. The van der Waals surface area contributed by atoms with Crippen LogP contribution in [0.5, 0.6) is 0 Å². The minimum atomic E-state index is -3.31. The summed E-state index contributed by atoms with van der Waals surface area (Å²) in [6.07, 6.45) is 3.12. The van der Waals surface area contributed by atoms with Gasteiger partial charge in [0.15, 0.2) is 0 Å².